The Labute approximate surface area is 133 Å². The molecule has 0 unspecified atom stereocenters. The summed E-state index contributed by atoms with van der Waals surface area (Å²) >= 11 is 0. The highest BCUT2D eigenvalue weighted by Crippen LogP contribution is 2.27. The number of anilines is 1. The Kier molecular flexibility index (Phi) is 4.60. The summed E-state index contributed by atoms with van der Waals surface area (Å²) in [5.41, 5.74) is 0.924. The van der Waals surface area contributed by atoms with Crippen molar-refractivity contribution in [3.63, 3.8) is 0 Å². The molecule has 2 amide bonds. The molecule has 0 atom stereocenters. The maximum atomic E-state index is 11.9. The van der Waals surface area contributed by atoms with Crippen LogP contribution in [0.4, 0.5) is 5.82 Å². The van der Waals surface area contributed by atoms with Crippen LogP contribution in [0.5, 0.6) is 0 Å². The molecule has 2 aromatic rings. The molecule has 120 valence electrons. The molecule has 2 heterocycles. The predicted octanol–water partition coefficient (Wildman–Crippen LogP) is 0.728. The van der Waals surface area contributed by atoms with E-state index in [4.69, 9.17) is 0 Å². The Morgan fingerprint density at radius 3 is 2.91 bits per heavy atom. The van der Waals surface area contributed by atoms with Gasteiger partial charge < -0.3 is 10.6 Å². The van der Waals surface area contributed by atoms with Crippen LogP contribution in [0, 0.1) is 5.92 Å². The third-order valence-electron chi connectivity index (χ3n) is 3.78. The van der Waals surface area contributed by atoms with Gasteiger partial charge in [0.15, 0.2) is 5.82 Å². The van der Waals surface area contributed by atoms with Crippen LogP contribution in [0.25, 0.3) is 0 Å². The number of carbonyl (C=O) groups excluding carboxylic acids is 2. The van der Waals surface area contributed by atoms with Crippen molar-refractivity contribution in [2.24, 2.45) is 5.92 Å². The largest absolute Gasteiger partial charge is 0.350 e. The zero-order valence-corrected chi connectivity index (χ0v) is 12.6. The first-order valence-electron chi connectivity index (χ1n) is 7.57. The summed E-state index contributed by atoms with van der Waals surface area (Å²) in [6.45, 7) is 0.458. The predicted molar refractivity (Wildman–Crippen MR) is 82.1 cm³/mol. The van der Waals surface area contributed by atoms with Crippen molar-refractivity contribution in [1.82, 2.24) is 25.3 Å². The van der Waals surface area contributed by atoms with E-state index in [9.17, 15) is 9.59 Å². The molecular weight excluding hydrogens is 296 g/mol. The molecule has 1 fully saturated rings. The van der Waals surface area contributed by atoms with Gasteiger partial charge in [0.25, 0.3) is 0 Å². The van der Waals surface area contributed by atoms with Gasteiger partial charge in [-0.15, -0.1) is 5.10 Å². The lowest BCUT2D eigenvalue weighted by Crippen LogP contribution is -2.28. The highest BCUT2D eigenvalue weighted by molar-refractivity contribution is 5.92. The number of rotatable bonds is 6. The van der Waals surface area contributed by atoms with Gasteiger partial charge in [-0.3, -0.25) is 14.6 Å². The molecule has 0 aromatic carbocycles. The van der Waals surface area contributed by atoms with Crippen LogP contribution >= 0.6 is 0 Å². The number of hydrogen-bond donors (Lipinski definition) is 2. The average Bonchev–Trinajstić information content (AvgIpc) is 2.91. The SMILES string of the molecule is O=C(Cn1cc(NC(=O)C2CCC2)nn1)NCc1cccnc1. The molecule has 0 radical (unpaired) electrons. The van der Waals surface area contributed by atoms with E-state index in [0.29, 0.717) is 12.4 Å². The first-order chi connectivity index (χ1) is 11.2. The zero-order chi connectivity index (χ0) is 16.1. The smallest absolute Gasteiger partial charge is 0.242 e. The number of aromatic nitrogens is 4. The Hall–Kier alpha value is -2.77. The molecule has 2 aromatic heterocycles. The van der Waals surface area contributed by atoms with Gasteiger partial charge in [-0.05, 0) is 24.5 Å². The molecule has 3 rings (SSSR count). The first-order valence-corrected chi connectivity index (χ1v) is 7.57. The van der Waals surface area contributed by atoms with Gasteiger partial charge in [0, 0.05) is 24.9 Å². The van der Waals surface area contributed by atoms with Gasteiger partial charge in [0.05, 0.1) is 6.20 Å². The summed E-state index contributed by atoms with van der Waals surface area (Å²) in [6, 6.07) is 3.70. The number of nitrogens with zero attached hydrogens (tertiary/aromatic N) is 4. The fourth-order valence-corrected chi connectivity index (χ4v) is 2.24. The van der Waals surface area contributed by atoms with Crippen LogP contribution in [-0.4, -0.2) is 31.8 Å². The van der Waals surface area contributed by atoms with E-state index < -0.39 is 0 Å². The Morgan fingerprint density at radius 2 is 2.22 bits per heavy atom. The second-order valence-electron chi connectivity index (χ2n) is 5.56. The zero-order valence-electron chi connectivity index (χ0n) is 12.6. The van der Waals surface area contributed by atoms with Gasteiger partial charge in [-0.2, -0.15) is 0 Å². The maximum Gasteiger partial charge on any atom is 0.242 e. The van der Waals surface area contributed by atoms with Gasteiger partial charge >= 0.3 is 0 Å². The normalized spacial score (nSPS) is 14.1. The minimum absolute atomic E-state index is 0.0238. The summed E-state index contributed by atoms with van der Waals surface area (Å²) in [5.74, 6) is 0.254. The molecule has 2 N–H and O–H groups in total. The molecule has 1 aliphatic carbocycles. The third-order valence-corrected chi connectivity index (χ3v) is 3.78. The van der Waals surface area contributed by atoms with Crippen molar-refractivity contribution >= 4 is 17.6 Å². The topological polar surface area (TPSA) is 102 Å². The van der Waals surface area contributed by atoms with Crippen LogP contribution < -0.4 is 10.6 Å². The lowest BCUT2D eigenvalue weighted by atomic mass is 9.85. The van der Waals surface area contributed by atoms with Gasteiger partial charge in [-0.1, -0.05) is 17.7 Å². The van der Waals surface area contributed by atoms with Crippen LogP contribution in [0.1, 0.15) is 24.8 Å². The molecule has 23 heavy (non-hydrogen) atoms. The molecule has 1 saturated carbocycles. The second-order valence-corrected chi connectivity index (χ2v) is 5.56. The monoisotopic (exact) mass is 314 g/mol. The van der Waals surface area contributed by atoms with E-state index in [0.717, 1.165) is 24.8 Å². The molecule has 8 nitrogen and oxygen atoms in total. The molecule has 0 aliphatic heterocycles. The van der Waals surface area contributed by atoms with Crippen molar-refractivity contribution in [3.05, 3.63) is 36.3 Å². The summed E-state index contributed by atoms with van der Waals surface area (Å²) < 4.78 is 1.40. The average molecular weight is 314 g/mol. The van der Waals surface area contributed by atoms with Crippen molar-refractivity contribution in [2.75, 3.05) is 5.32 Å². The van der Waals surface area contributed by atoms with Gasteiger partial charge in [-0.25, -0.2) is 4.68 Å². The fraction of sp³-hybridized carbons (Fsp3) is 0.400. The third kappa shape index (κ3) is 4.12. The Bertz CT molecular complexity index is 680. The maximum absolute atomic E-state index is 11.9. The van der Waals surface area contributed by atoms with E-state index in [2.05, 4.69) is 25.9 Å². The van der Waals surface area contributed by atoms with Crippen LogP contribution in [0.15, 0.2) is 30.7 Å². The van der Waals surface area contributed by atoms with Gasteiger partial charge in [0.2, 0.25) is 11.8 Å². The first kappa shape index (κ1) is 15.1. The van der Waals surface area contributed by atoms with Crippen LogP contribution in [0.3, 0.4) is 0 Å². The van der Waals surface area contributed by atoms with E-state index in [-0.39, 0.29) is 24.3 Å². The van der Waals surface area contributed by atoms with Crippen molar-refractivity contribution in [1.29, 1.82) is 0 Å². The summed E-state index contributed by atoms with van der Waals surface area (Å²) in [6.07, 6.45) is 7.89. The fourth-order valence-electron chi connectivity index (χ4n) is 2.24. The molecule has 0 spiro atoms. The minimum Gasteiger partial charge on any atom is -0.350 e. The van der Waals surface area contributed by atoms with Crippen molar-refractivity contribution in [3.8, 4) is 0 Å². The summed E-state index contributed by atoms with van der Waals surface area (Å²) in [4.78, 5) is 27.7. The highest BCUT2D eigenvalue weighted by atomic mass is 16.2. The Morgan fingerprint density at radius 1 is 1.35 bits per heavy atom. The number of nitrogens with one attached hydrogen (secondary N) is 2. The molecule has 0 bridgehead atoms. The lowest BCUT2D eigenvalue weighted by molar-refractivity contribution is -0.122. The van der Waals surface area contributed by atoms with Crippen molar-refractivity contribution < 1.29 is 9.59 Å². The van der Waals surface area contributed by atoms with Gasteiger partial charge in [0.1, 0.15) is 6.54 Å². The van der Waals surface area contributed by atoms with E-state index in [1.807, 2.05) is 12.1 Å². The minimum atomic E-state index is -0.185. The Balaban J connectivity index is 1.46. The molecule has 1 aliphatic rings. The number of pyridine rings is 1. The van der Waals surface area contributed by atoms with Crippen molar-refractivity contribution in [2.45, 2.75) is 32.4 Å². The molecular formula is C15H18N6O2. The summed E-state index contributed by atoms with van der Waals surface area (Å²) in [7, 11) is 0. The van der Waals surface area contributed by atoms with E-state index in [1.165, 1.54) is 4.68 Å². The van der Waals surface area contributed by atoms with Crippen LogP contribution in [-0.2, 0) is 22.7 Å². The second kappa shape index (κ2) is 6.99. The highest BCUT2D eigenvalue weighted by Gasteiger charge is 2.25. The number of carbonyl (C=O) groups is 2. The van der Waals surface area contributed by atoms with E-state index in [1.54, 1.807) is 18.6 Å². The lowest BCUT2D eigenvalue weighted by Gasteiger charge is -2.23. The standard InChI is InChI=1S/C15H18N6O2/c22-14(17-8-11-3-2-6-16-7-11)10-21-9-13(19-20-21)18-15(23)12-4-1-5-12/h2-3,6-7,9,12H,1,4-5,8,10H2,(H,17,22)(H,18,23). The quantitative estimate of drug-likeness (QED) is 0.818. The molecule has 0 saturated heterocycles. The molecule has 8 heteroatoms. The van der Waals surface area contributed by atoms with E-state index >= 15 is 0 Å². The van der Waals surface area contributed by atoms with Crippen LogP contribution in [0.2, 0.25) is 0 Å². The summed E-state index contributed by atoms with van der Waals surface area (Å²) in [5, 5.41) is 13.2. The number of hydrogen-bond acceptors (Lipinski definition) is 5. The number of amides is 2.